The minimum Gasteiger partial charge on any atom is -0.323 e. The first-order valence-electron chi connectivity index (χ1n) is 5.13. The van der Waals surface area contributed by atoms with Crippen LogP contribution in [-0.4, -0.2) is 0 Å². The minimum absolute atomic E-state index is 0.304. The molecule has 1 aromatic rings. The summed E-state index contributed by atoms with van der Waals surface area (Å²) < 4.78 is 0. The Labute approximate surface area is 84.0 Å². The number of rotatable bonds is 4. The summed E-state index contributed by atoms with van der Waals surface area (Å²) in [6.45, 7) is 2.20. The molecular formula is C11H17NS. The van der Waals surface area contributed by atoms with Crippen molar-refractivity contribution < 1.29 is 0 Å². The smallest absolute Gasteiger partial charge is 0.0392 e. The lowest BCUT2D eigenvalue weighted by Crippen LogP contribution is -2.08. The highest BCUT2D eigenvalue weighted by Gasteiger charge is 2.24. The first-order chi connectivity index (χ1) is 6.29. The summed E-state index contributed by atoms with van der Waals surface area (Å²) in [5.74, 6) is 0.933. The molecule has 1 aliphatic rings. The van der Waals surface area contributed by atoms with Crippen LogP contribution in [0.4, 0.5) is 0 Å². The molecule has 1 aromatic heterocycles. The van der Waals surface area contributed by atoms with Crippen molar-refractivity contribution in [3.63, 3.8) is 0 Å². The second-order valence-corrected chi connectivity index (χ2v) is 5.14. The van der Waals surface area contributed by atoms with Crippen LogP contribution in [0.5, 0.6) is 0 Å². The lowest BCUT2D eigenvalue weighted by molar-refractivity contribution is 0.605. The van der Waals surface area contributed by atoms with Crippen molar-refractivity contribution in [1.82, 2.24) is 0 Å². The minimum atomic E-state index is 0.304. The molecule has 2 rings (SSSR count). The summed E-state index contributed by atoms with van der Waals surface area (Å²) in [5.41, 5.74) is 6.11. The summed E-state index contributed by atoms with van der Waals surface area (Å²) in [4.78, 5) is 2.84. The van der Waals surface area contributed by atoms with E-state index in [-0.39, 0.29) is 0 Å². The predicted molar refractivity (Wildman–Crippen MR) is 58.0 cm³/mol. The number of hydrogen-bond donors (Lipinski definition) is 1. The molecule has 0 unspecified atom stereocenters. The highest BCUT2D eigenvalue weighted by Crippen LogP contribution is 2.38. The molecule has 0 spiro atoms. The summed E-state index contributed by atoms with van der Waals surface area (Å²) >= 11 is 1.89. The van der Waals surface area contributed by atoms with E-state index in [1.807, 2.05) is 11.3 Å². The normalized spacial score (nSPS) is 18.9. The van der Waals surface area contributed by atoms with E-state index < -0.39 is 0 Å². The molecule has 0 saturated heterocycles. The van der Waals surface area contributed by atoms with Crippen LogP contribution in [0.3, 0.4) is 0 Å². The van der Waals surface area contributed by atoms with Gasteiger partial charge in [-0.25, -0.2) is 0 Å². The summed E-state index contributed by atoms with van der Waals surface area (Å²) in [6, 6.07) is 4.72. The fourth-order valence-corrected chi connectivity index (χ4v) is 2.58. The van der Waals surface area contributed by atoms with Crippen LogP contribution >= 0.6 is 11.3 Å². The molecule has 13 heavy (non-hydrogen) atoms. The topological polar surface area (TPSA) is 26.0 Å². The first kappa shape index (κ1) is 9.22. The Morgan fingerprint density at radius 3 is 2.85 bits per heavy atom. The maximum absolute atomic E-state index is 6.11. The molecule has 1 heterocycles. The predicted octanol–water partition coefficient (Wildman–Crippen LogP) is 3.11. The van der Waals surface area contributed by atoms with E-state index in [2.05, 4.69) is 19.1 Å². The van der Waals surface area contributed by atoms with Gasteiger partial charge in [0.1, 0.15) is 0 Å². The van der Waals surface area contributed by atoms with E-state index in [1.165, 1.54) is 29.0 Å². The SMILES string of the molecule is CCc1ccc([C@H](N)CC2CC2)s1. The van der Waals surface area contributed by atoms with Crippen molar-refractivity contribution in [2.45, 2.75) is 38.6 Å². The largest absolute Gasteiger partial charge is 0.323 e. The van der Waals surface area contributed by atoms with Crippen LogP contribution in [0.2, 0.25) is 0 Å². The zero-order valence-electron chi connectivity index (χ0n) is 8.12. The van der Waals surface area contributed by atoms with Crippen molar-refractivity contribution >= 4 is 11.3 Å². The third-order valence-corrected chi connectivity index (χ3v) is 4.04. The van der Waals surface area contributed by atoms with E-state index >= 15 is 0 Å². The molecule has 0 radical (unpaired) electrons. The van der Waals surface area contributed by atoms with Crippen molar-refractivity contribution in [3.8, 4) is 0 Å². The fraction of sp³-hybridized carbons (Fsp3) is 0.636. The Morgan fingerprint density at radius 2 is 2.31 bits per heavy atom. The van der Waals surface area contributed by atoms with Crippen LogP contribution in [0.25, 0.3) is 0 Å². The van der Waals surface area contributed by atoms with Crippen molar-refractivity contribution in [1.29, 1.82) is 0 Å². The lowest BCUT2D eigenvalue weighted by Gasteiger charge is -2.07. The van der Waals surface area contributed by atoms with Gasteiger partial charge in [0.25, 0.3) is 0 Å². The molecule has 1 saturated carbocycles. The molecule has 1 aliphatic carbocycles. The van der Waals surface area contributed by atoms with Gasteiger partial charge < -0.3 is 5.73 Å². The second-order valence-electron chi connectivity index (χ2n) is 3.94. The zero-order chi connectivity index (χ0) is 9.26. The molecule has 1 nitrogen and oxygen atoms in total. The van der Waals surface area contributed by atoms with Crippen LogP contribution in [-0.2, 0) is 6.42 Å². The van der Waals surface area contributed by atoms with Gasteiger partial charge in [0.05, 0.1) is 0 Å². The van der Waals surface area contributed by atoms with E-state index in [4.69, 9.17) is 5.73 Å². The summed E-state index contributed by atoms with van der Waals surface area (Å²) in [5, 5.41) is 0. The molecule has 0 amide bonds. The van der Waals surface area contributed by atoms with Crippen LogP contribution < -0.4 is 5.73 Å². The number of hydrogen-bond acceptors (Lipinski definition) is 2. The van der Waals surface area contributed by atoms with E-state index in [0.717, 1.165) is 12.3 Å². The van der Waals surface area contributed by atoms with E-state index in [0.29, 0.717) is 6.04 Å². The summed E-state index contributed by atoms with van der Waals surface area (Å²) in [7, 11) is 0. The van der Waals surface area contributed by atoms with Gasteiger partial charge in [-0.2, -0.15) is 0 Å². The van der Waals surface area contributed by atoms with Crippen molar-refractivity contribution in [2.24, 2.45) is 11.7 Å². The fourth-order valence-electron chi connectivity index (χ4n) is 1.61. The lowest BCUT2D eigenvalue weighted by atomic mass is 10.1. The van der Waals surface area contributed by atoms with Gasteiger partial charge in [-0.15, -0.1) is 11.3 Å². The molecule has 2 N–H and O–H groups in total. The third kappa shape index (κ3) is 2.32. The molecule has 0 aromatic carbocycles. The molecule has 1 atom stereocenters. The zero-order valence-corrected chi connectivity index (χ0v) is 8.94. The van der Waals surface area contributed by atoms with Gasteiger partial charge in [0.15, 0.2) is 0 Å². The first-order valence-corrected chi connectivity index (χ1v) is 5.95. The molecule has 2 heteroatoms. The molecule has 0 bridgehead atoms. The maximum Gasteiger partial charge on any atom is 0.0392 e. The Hall–Kier alpha value is -0.340. The van der Waals surface area contributed by atoms with Gasteiger partial charge >= 0.3 is 0 Å². The third-order valence-electron chi connectivity index (χ3n) is 2.68. The van der Waals surface area contributed by atoms with Crippen LogP contribution in [0, 0.1) is 5.92 Å². The Kier molecular flexibility index (Phi) is 2.70. The van der Waals surface area contributed by atoms with Gasteiger partial charge in [-0.1, -0.05) is 19.8 Å². The van der Waals surface area contributed by atoms with E-state index in [1.54, 1.807) is 0 Å². The van der Waals surface area contributed by atoms with Crippen LogP contribution in [0.15, 0.2) is 12.1 Å². The van der Waals surface area contributed by atoms with Gasteiger partial charge in [-0.05, 0) is 30.9 Å². The number of aryl methyl sites for hydroxylation is 1. The van der Waals surface area contributed by atoms with Crippen molar-refractivity contribution in [2.75, 3.05) is 0 Å². The standard InChI is InChI=1S/C11H17NS/c1-2-9-5-6-11(13-9)10(12)7-8-3-4-8/h5-6,8,10H,2-4,7,12H2,1H3/t10-/m1/s1. The second kappa shape index (κ2) is 3.81. The average molecular weight is 195 g/mol. The highest BCUT2D eigenvalue weighted by molar-refractivity contribution is 7.12. The summed E-state index contributed by atoms with van der Waals surface area (Å²) in [6.07, 6.45) is 5.14. The quantitative estimate of drug-likeness (QED) is 0.785. The van der Waals surface area contributed by atoms with Gasteiger partial charge in [0.2, 0.25) is 0 Å². The van der Waals surface area contributed by atoms with E-state index in [9.17, 15) is 0 Å². The molecule has 0 aliphatic heterocycles. The molecular weight excluding hydrogens is 178 g/mol. The Bertz CT molecular complexity index is 275. The maximum atomic E-state index is 6.11. The number of nitrogens with two attached hydrogens (primary N) is 1. The monoisotopic (exact) mass is 195 g/mol. The van der Waals surface area contributed by atoms with Crippen molar-refractivity contribution in [3.05, 3.63) is 21.9 Å². The Balaban J connectivity index is 1.96. The average Bonchev–Trinajstić information content (AvgIpc) is 2.82. The Morgan fingerprint density at radius 1 is 1.54 bits per heavy atom. The molecule has 1 fully saturated rings. The van der Waals surface area contributed by atoms with Gasteiger partial charge in [0, 0.05) is 15.8 Å². The number of thiophene rings is 1. The highest BCUT2D eigenvalue weighted by atomic mass is 32.1. The van der Waals surface area contributed by atoms with Gasteiger partial charge in [-0.3, -0.25) is 0 Å². The van der Waals surface area contributed by atoms with Crippen LogP contribution in [0.1, 0.15) is 42.0 Å². The molecule has 72 valence electrons.